The van der Waals surface area contributed by atoms with Crippen molar-refractivity contribution in [1.29, 1.82) is 0 Å². The lowest BCUT2D eigenvalue weighted by molar-refractivity contribution is -0.0852. The Balaban J connectivity index is 1.87. The largest absolute Gasteiger partial charge is 0.368 e. The third-order valence-corrected chi connectivity index (χ3v) is 7.69. The Morgan fingerprint density at radius 3 is 2.71 bits per heavy atom. The molecule has 2 heterocycles. The molecular weight excluding hydrogens is 248 g/mol. The van der Waals surface area contributed by atoms with Crippen LogP contribution in [0.1, 0.15) is 39.5 Å². The minimum atomic E-state index is -0.0519. The molecule has 0 aromatic carbocycles. The van der Waals surface area contributed by atoms with Crippen molar-refractivity contribution in [3.05, 3.63) is 12.2 Å². The maximum atomic E-state index is 6.29. The van der Waals surface area contributed by atoms with Crippen LogP contribution in [0.25, 0.3) is 0 Å². The van der Waals surface area contributed by atoms with E-state index in [4.69, 9.17) is 4.74 Å². The van der Waals surface area contributed by atoms with Crippen molar-refractivity contribution in [2.45, 2.75) is 55.3 Å². The van der Waals surface area contributed by atoms with E-state index in [2.05, 4.69) is 49.5 Å². The highest BCUT2D eigenvalue weighted by Crippen LogP contribution is 2.56. The first-order valence-corrected chi connectivity index (χ1v) is 8.74. The summed E-state index contributed by atoms with van der Waals surface area (Å²) in [7, 11) is 0. The van der Waals surface area contributed by atoms with Gasteiger partial charge in [0.2, 0.25) is 0 Å². The monoisotopic (exact) mass is 270 g/mol. The molecule has 0 unspecified atom stereocenters. The average Bonchev–Trinajstić information content (AvgIpc) is 2.29. The molecule has 2 atom stereocenters. The van der Waals surface area contributed by atoms with Gasteiger partial charge in [-0.15, -0.1) is 23.5 Å². The fourth-order valence-corrected chi connectivity index (χ4v) is 6.98. The van der Waals surface area contributed by atoms with Crippen LogP contribution < -0.4 is 0 Å². The van der Waals surface area contributed by atoms with Crippen LogP contribution in [0.2, 0.25) is 0 Å². The Bertz CT molecular complexity index is 313. The summed E-state index contributed by atoms with van der Waals surface area (Å²) in [6.45, 7) is 4.37. The maximum absolute atomic E-state index is 6.29. The third kappa shape index (κ3) is 2.31. The van der Waals surface area contributed by atoms with Gasteiger partial charge in [0.1, 0.15) is 0 Å². The second-order valence-electron chi connectivity index (χ2n) is 5.90. The van der Waals surface area contributed by atoms with Gasteiger partial charge in [0.05, 0.1) is 15.8 Å². The molecule has 0 bridgehead atoms. The Kier molecular flexibility index (Phi) is 3.29. The van der Waals surface area contributed by atoms with Crippen LogP contribution in [0, 0.1) is 5.92 Å². The van der Waals surface area contributed by atoms with Gasteiger partial charge in [-0.2, -0.15) is 0 Å². The predicted molar refractivity (Wildman–Crippen MR) is 77.7 cm³/mol. The van der Waals surface area contributed by atoms with E-state index in [1.807, 2.05) is 0 Å². The molecule has 2 aliphatic heterocycles. The van der Waals surface area contributed by atoms with Crippen molar-refractivity contribution in [1.82, 2.24) is 0 Å². The molecule has 0 aromatic heterocycles. The van der Waals surface area contributed by atoms with Crippen molar-refractivity contribution >= 4 is 23.5 Å². The zero-order valence-electron chi connectivity index (χ0n) is 10.8. The summed E-state index contributed by atoms with van der Waals surface area (Å²) in [4.78, 5) is 0. The molecule has 1 saturated carbocycles. The fourth-order valence-electron chi connectivity index (χ4n) is 3.27. The summed E-state index contributed by atoms with van der Waals surface area (Å²) in [6, 6.07) is 0. The zero-order valence-corrected chi connectivity index (χ0v) is 12.4. The second-order valence-corrected chi connectivity index (χ2v) is 9.01. The van der Waals surface area contributed by atoms with Crippen LogP contribution >= 0.6 is 23.5 Å². The highest BCUT2D eigenvalue weighted by Gasteiger charge is 2.49. The summed E-state index contributed by atoms with van der Waals surface area (Å²) < 4.78 is 6.73. The topological polar surface area (TPSA) is 9.23 Å². The van der Waals surface area contributed by atoms with Gasteiger partial charge in [-0.25, -0.2) is 0 Å². The van der Waals surface area contributed by atoms with Crippen LogP contribution in [0.15, 0.2) is 12.2 Å². The Morgan fingerprint density at radius 1 is 1.18 bits per heavy atom. The van der Waals surface area contributed by atoms with Crippen LogP contribution in [0.4, 0.5) is 0 Å². The first-order chi connectivity index (χ1) is 8.11. The molecule has 1 aliphatic carbocycles. The van der Waals surface area contributed by atoms with Gasteiger partial charge >= 0.3 is 0 Å². The van der Waals surface area contributed by atoms with Gasteiger partial charge in [-0.1, -0.05) is 12.2 Å². The summed E-state index contributed by atoms with van der Waals surface area (Å²) in [5, 5.41) is 0. The van der Waals surface area contributed by atoms with Gasteiger partial charge in [0.25, 0.3) is 0 Å². The van der Waals surface area contributed by atoms with E-state index in [9.17, 15) is 0 Å². The van der Waals surface area contributed by atoms with E-state index in [0.717, 1.165) is 0 Å². The van der Waals surface area contributed by atoms with Crippen LogP contribution in [0.3, 0.4) is 0 Å². The van der Waals surface area contributed by atoms with Crippen molar-refractivity contribution in [3.63, 3.8) is 0 Å². The second kappa shape index (κ2) is 4.50. The number of hydrogen-bond acceptors (Lipinski definition) is 3. The molecule has 1 spiro atoms. The van der Waals surface area contributed by atoms with Gasteiger partial charge in [0.15, 0.2) is 0 Å². The molecule has 3 rings (SSSR count). The van der Waals surface area contributed by atoms with Crippen molar-refractivity contribution in [2.75, 3.05) is 11.5 Å². The molecule has 0 N–H and O–H groups in total. The van der Waals surface area contributed by atoms with Gasteiger partial charge in [0, 0.05) is 5.92 Å². The van der Waals surface area contributed by atoms with E-state index < -0.39 is 0 Å². The van der Waals surface area contributed by atoms with Crippen LogP contribution in [-0.4, -0.2) is 27.3 Å². The number of hydrogen-bond donors (Lipinski definition) is 0. The highest BCUT2D eigenvalue weighted by atomic mass is 32.2. The number of ether oxygens (including phenoxy) is 1. The van der Waals surface area contributed by atoms with Crippen molar-refractivity contribution < 1.29 is 4.74 Å². The molecule has 0 radical (unpaired) electrons. The predicted octanol–water partition coefficient (Wildman–Crippen LogP) is 4.09. The van der Waals surface area contributed by atoms with Gasteiger partial charge < -0.3 is 4.74 Å². The van der Waals surface area contributed by atoms with Crippen molar-refractivity contribution in [3.8, 4) is 0 Å². The first-order valence-electron chi connectivity index (χ1n) is 6.76. The third-order valence-electron chi connectivity index (χ3n) is 4.06. The molecular formula is C14H22OS2. The van der Waals surface area contributed by atoms with E-state index in [0.29, 0.717) is 16.1 Å². The Morgan fingerprint density at radius 2 is 1.94 bits per heavy atom. The van der Waals surface area contributed by atoms with E-state index in [1.54, 1.807) is 0 Å². The minimum Gasteiger partial charge on any atom is -0.368 e. The summed E-state index contributed by atoms with van der Waals surface area (Å²) >= 11 is 4.41. The number of thioether (sulfide) groups is 2. The molecule has 3 aliphatic rings. The lowest BCUT2D eigenvalue weighted by atomic mass is 9.82. The molecule has 17 heavy (non-hydrogen) atoms. The molecule has 1 saturated heterocycles. The summed E-state index contributed by atoms with van der Waals surface area (Å²) in [6.07, 6.45) is 10.6. The van der Waals surface area contributed by atoms with E-state index in [-0.39, 0.29) is 5.60 Å². The van der Waals surface area contributed by atoms with E-state index in [1.165, 1.54) is 37.2 Å². The summed E-state index contributed by atoms with van der Waals surface area (Å²) in [5.74, 6) is 3.32. The molecule has 3 heteroatoms. The maximum Gasteiger partial charge on any atom is 0.0810 e. The normalized spacial score (nSPS) is 38.9. The van der Waals surface area contributed by atoms with Crippen LogP contribution in [-0.2, 0) is 4.74 Å². The smallest absolute Gasteiger partial charge is 0.0810 e. The molecule has 96 valence electrons. The summed E-state index contributed by atoms with van der Waals surface area (Å²) in [5.41, 5.74) is -0.0519. The molecule has 1 nitrogen and oxygen atoms in total. The van der Waals surface area contributed by atoms with Gasteiger partial charge in [-0.3, -0.25) is 0 Å². The van der Waals surface area contributed by atoms with Gasteiger partial charge in [-0.05, 0) is 51.0 Å². The quantitative estimate of drug-likeness (QED) is 0.614. The Hall–Kier alpha value is 0.400. The Labute approximate surface area is 113 Å². The lowest BCUT2D eigenvalue weighted by Crippen LogP contribution is -2.49. The SMILES string of the molecule is CC1(C)C=C[C@@H]2[C@@H](CCCC23SCCCS3)O1. The average molecular weight is 270 g/mol. The fraction of sp³-hybridized carbons (Fsp3) is 0.857. The molecule has 2 fully saturated rings. The van der Waals surface area contributed by atoms with E-state index >= 15 is 0 Å². The standard InChI is InChI=1S/C14H22OS2/c1-13(2)8-6-11-12(15-13)5-3-7-14(11)16-9-4-10-17-14/h6,8,11-12H,3-5,7,9-10H2,1-2H3/t11-,12-/m1/s1. The number of rotatable bonds is 0. The van der Waals surface area contributed by atoms with Crippen LogP contribution in [0.5, 0.6) is 0 Å². The van der Waals surface area contributed by atoms with Crippen molar-refractivity contribution in [2.24, 2.45) is 5.92 Å². The minimum absolute atomic E-state index is 0.0519. The zero-order chi connectivity index (χ0) is 11.9. The first kappa shape index (κ1) is 12.4. The molecule has 0 aromatic rings. The molecule has 0 amide bonds. The number of fused-ring (bicyclic) bond motifs is 2. The highest BCUT2D eigenvalue weighted by molar-refractivity contribution is 8.18. The lowest BCUT2D eigenvalue weighted by Gasteiger charge is -2.51.